The van der Waals surface area contributed by atoms with Gasteiger partial charge in [-0.3, -0.25) is 5.32 Å². The van der Waals surface area contributed by atoms with Crippen molar-refractivity contribution in [1.29, 1.82) is 0 Å². The van der Waals surface area contributed by atoms with Crippen molar-refractivity contribution < 1.29 is 20.4 Å². The van der Waals surface area contributed by atoms with Gasteiger partial charge in [0, 0.05) is 12.6 Å². The number of nitrogens with two attached hydrogens (primary N) is 1. The van der Waals surface area contributed by atoms with Gasteiger partial charge in [0.05, 0.1) is 0 Å². The van der Waals surface area contributed by atoms with Gasteiger partial charge in [0.1, 0.15) is 0 Å². The molecule has 0 aromatic heterocycles. The van der Waals surface area contributed by atoms with E-state index in [1.807, 2.05) is 0 Å². The second kappa shape index (κ2) is 3.96. The molecule has 68 valence electrons. The molecule has 0 amide bonds. The highest BCUT2D eigenvalue weighted by Gasteiger charge is 2.29. The molecule has 0 fully saturated rings. The van der Waals surface area contributed by atoms with E-state index in [9.17, 15) is 0 Å². The van der Waals surface area contributed by atoms with Gasteiger partial charge >= 0.3 is 5.97 Å². The summed E-state index contributed by atoms with van der Waals surface area (Å²) in [6, 6.07) is -0.244. The summed E-state index contributed by atoms with van der Waals surface area (Å²) in [5.74, 6) is -3.12. The molecule has 0 heterocycles. The smallest absolute Gasteiger partial charge is 0.317 e. The van der Waals surface area contributed by atoms with Gasteiger partial charge in [-0.05, 0) is 6.92 Å². The van der Waals surface area contributed by atoms with E-state index in [4.69, 9.17) is 26.2 Å². The van der Waals surface area contributed by atoms with Crippen LogP contribution in [-0.2, 0) is 0 Å². The molecule has 0 aliphatic carbocycles. The molecule has 0 aromatic rings. The molecule has 11 heavy (non-hydrogen) atoms. The van der Waals surface area contributed by atoms with E-state index in [0.717, 1.165) is 0 Å². The molecular weight excluding hydrogens is 152 g/mol. The summed E-state index contributed by atoms with van der Waals surface area (Å²) >= 11 is 0. The zero-order valence-electron chi connectivity index (χ0n) is 6.23. The summed E-state index contributed by atoms with van der Waals surface area (Å²) in [5, 5.41) is 36.0. The molecule has 0 radical (unpaired) electrons. The standard InChI is InChI=1S/C5H14N2O4/c1-3(6)2-7-4(8)5(9,10)11/h3-4,7-11H,2,6H2,1H3. The summed E-state index contributed by atoms with van der Waals surface area (Å²) in [6.07, 6.45) is -1.81. The fourth-order valence-electron chi connectivity index (χ4n) is 0.434. The fraction of sp³-hybridized carbons (Fsp3) is 1.00. The molecule has 0 aliphatic rings. The van der Waals surface area contributed by atoms with Crippen LogP contribution in [0.3, 0.4) is 0 Å². The van der Waals surface area contributed by atoms with Crippen LogP contribution >= 0.6 is 0 Å². The molecule has 2 atom stereocenters. The van der Waals surface area contributed by atoms with Crippen molar-refractivity contribution >= 4 is 0 Å². The van der Waals surface area contributed by atoms with Crippen molar-refractivity contribution in [2.75, 3.05) is 6.54 Å². The van der Waals surface area contributed by atoms with Crippen LogP contribution in [0.15, 0.2) is 0 Å². The summed E-state index contributed by atoms with van der Waals surface area (Å²) < 4.78 is 0. The minimum absolute atomic E-state index is 0.171. The third-order valence-electron chi connectivity index (χ3n) is 1.00. The average Bonchev–Trinajstić information content (AvgIpc) is 1.80. The Balaban J connectivity index is 3.61. The second-order valence-electron chi connectivity index (χ2n) is 2.48. The number of aliphatic hydroxyl groups is 4. The summed E-state index contributed by atoms with van der Waals surface area (Å²) in [4.78, 5) is 0. The van der Waals surface area contributed by atoms with Crippen molar-refractivity contribution in [3.8, 4) is 0 Å². The number of rotatable bonds is 4. The molecule has 0 aliphatic heterocycles. The molecule has 0 bridgehead atoms. The van der Waals surface area contributed by atoms with Gasteiger partial charge in [-0.2, -0.15) is 0 Å². The first-order valence-electron chi connectivity index (χ1n) is 3.18. The molecule has 2 unspecified atom stereocenters. The largest absolute Gasteiger partial charge is 0.371 e. The van der Waals surface area contributed by atoms with Crippen LogP contribution in [-0.4, -0.2) is 45.2 Å². The van der Waals surface area contributed by atoms with Gasteiger partial charge in [0.15, 0.2) is 6.23 Å². The molecule has 7 N–H and O–H groups in total. The minimum Gasteiger partial charge on any atom is -0.371 e. The van der Waals surface area contributed by atoms with E-state index in [2.05, 4.69) is 5.32 Å². The maximum absolute atomic E-state index is 8.72. The topological polar surface area (TPSA) is 119 Å². The first-order valence-corrected chi connectivity index (χ1v) is 3.18. The normalized spacial score (nSPS) is 18.0. The molecule has 0 rings (SSSR count). The molecule has 6 heteroatoms. The molecule has 0 aromatic carbocycles. The average molecular weight is 166 g/mol. The van der Waals surface area contributed by atoms with Crippen molar-refractivity contribution in [3.63, 3.8) is 0 Å². The predicted molar refractivity (Wildman–Crippen MR) is 37.0 cm³/mol. The van der Waals surface area contributed by atoms with Crippen LogP contribution in [0.2, 0.25) is 0 Å². The number of hydrogen-bond acceptors (Lipinski definition) is 6. The Morgan fingerprint density at radius 3 is 2.18 bits per heavy atom. The maximum Gasteiger partial charge on any atom is 0.317 e. The zero-order valence-corrected chi connectivity index (χ0v) is 6.23. The van der Waals surface area contributed by atoms with Crippen LogP contribution < -0.4 is 11.1 Å². The van der Waals surface area contributed by atoms with E-state index in [0.29, 0.717) is 0 Å². The Bertz CT molecular complexity index is 112. The lowest BCUT2D eigenvalue weighted by molar-refractivity contribution is -0.360. The van der Waals surface area contributed by atoms with Crippen LogP contribution in [0.25, 0.3) is 0 Å². The SMILES string of the molecule is CC(N)CNC(O)C(O)(O)O. The van der Waals surface area contributed by atoms with Crippen LogP contribution in [0.5, 0.6) is 0 Å². The first kappa shape index (κ1) is 10.8. The third-order valence-corrected chi connectivity index (χ3v) is 1.00. The van der Waals surface area contributed by atoms with Gasteiger partial charge in [-0.25, -0.2) is 0 Å². The molecule has 0 spiro atoms. The van der Waals surface area contributed by atoms with Gasteiger partial charge < -0.3 is 26.2 Å². The lowest BCUT2D eigenvalue weighted by Crippen LogP contribution is -2.53. The van der Waals surface area contributed by atoms with Gasteiger partial charge in [0.25, 0.3) is 0 Å². The molecule has 6 nitrogen and oxygen atoms in total. The maximum atomic E-state index is 8.72. The Morgan fingerprint density at radius 2 is 1.91 bits per heavy atom. The zero-order chi connectivity index (χ0) is 9.07. The highest BCUT2D eigenvalue weighted by molar-refractivity contribution is 4.64. The Hall–Kier alpha value is -0.240. The van der Waals surface area contributed by atoms with E-state index in [1.54, 1.807) is 6.92 Å². The van der Waals surface area contributed by atoms with Crippen molar-refractivity contribution in [2.24, 2.45) is 5.73 Å². The molecule has 0 saturated carbocycles. The monoisotopic (exact) mass is 166 g/mol. The van der Waals surface area contributed by atoms with Gasteiger partial charge in [-0.15, -0.1) is 0 Å². The van der Waals surface area contributed by atoms with Crippen LogP contribution in [0, 0.1) is 0 Å². The lowest BCUT2D eigenvalue weighted by Gasteiger charge is -2.22. The quantitative estimate of drug-likeness (QED) is 0.246. The van der Waals surface area contributed by atoms with E-state index in [1.165, 1.54) is 0 Å². The number of hydrogen-bond donors (Lipinski definition) is 6. The Kier molecular flexibility index (Phi) is 3.87. The Labute approximate surface area is 64.3 Å². The van der Waals surface area contributed by atoms with Crippen molar-refractivity contribution in [1.82, 2.24) is 5.32 Å². The second-order valence-corrected chi connectivity index (χ2v) is 2.48. The fourth-order valence-corrected chi connectivity index (χ4v) is 0.434. The van der Waals surface area contributed by atoms with Crippen molar-refractivity contribution in [2.45, 2.75) is 25.2 Å². The van der Waals surface area contributed by atoms with Gasteiger partial charge in [-0.1, -0.05) is 0 Å². The number of nitrogens with one attached hydrogen (secondary N) is 1. The van der Waals surface area contributed by atoms with Crippen molar-refractivity contribution in [3.05, 3.63) is 0 Å². The summed E-state index contributed by atoms with van der Waals surface area (Å²) in [5.41, 5.74) is 5.27. The molecule has 0 saturated heterocycles. The first-order chi connectivity index (χ1) is 4.84. The summed E-state index contributed by atoms with van der Waals surface area (Å²) in [7, 11) is 0. The van der Waals surface area contributed by atoms with E-state index in [-0.39, 0.29) is 12.6 Å². The molecular formula is C5H14N2O4. The minimum atomic E-state index is -3.12. The lowest BCUT2D eigenvalue weighted by atomic mass is 10.3. The number of aliphatic hydroxyl groups excluding tert-OH is 1. The highest BCUT2D eigenvalue weighted by Crippen LogP contribution is 1.96. The third kappa shape index (κ3) is 5.08. The van der Waals surface area contributed by atoms with E-state index < -0.39 is 12.2 Å². The predicted octanol–water partition coefficient (Wildman–Crippen LogP) is -3.13. The van der Waals surface area contributed by atoms with Crippen LogP contribution in [0.1, 0.15) is 6.92 Å². The van der Waals surface area contributed by atoms with Gasteiger partial charge in [0.2, 0.25) is 0 Å². The summed E-state index contributed by atoms with van der Waals surface area (Å²) in [6.45, 7) is 1.83. The Morgan fingerprint density at radius 1 is 1.45 bits per heavy atom. The highest BCUT2D eigenvalue weighted by atomic mass is 16.7. The van der Waals surface area contributed by atoms with Crippen LogP contribution in [0.4, 0.5) is 0 Å². The van der Waals surface area contributed by atoms with E-state index >= 15 is 0 Å².